The topological polar surface area (TPSA) is 30.2 Å². The van der Waals surface area contributed by atoms with Gasteiger partial charge in [0.15, 0.2) is 0 Å². The Bertz CT molecular complexity index is 861. The summed E-state index contributed by atoms with van der Waals surface area (Å²) in [6.45, 7) is 3.63. The number of imidazole rings is 1. The van der Waals surface area contributed by atoms with Crippen LogP contribution in [0.25, 0.3) is 11.0 Å². The first-order chi connectivity index (χ1) is 11.6. The van der Waals surface area contributed by atoms with Gasteiger partial charge in [-0.25, -0.2) is 4.79 Å². The van der Waals surface area contributed by atoms with Crippen molar-refractivity contribution in [3.8, 4) is 0 Å². The maximum atomic E-state index is 13.1. The summed E-state index contributed by atoms with van der Waals surface area (Å²) >= 11 is 0. The van der Waals surface area contributed by atoms with Gasteiger partial charge in [0.25, 0.3) is 0 Å². The Morgan fingerprint density at radius 2 is 1.58 bits per heavy atom. The van der Waals surface area contributed by atoms with Crippen LogP contribution in [0.1, 0.15) is 24.9 Å². The van der Waals surface area contributed by atoms with E-state index in [1.165, 1.54) is 5.56 Å². The van der Waals surface area contributed by atoms with Crippen molar-refractivity contribution in [2.24, 2.45) is 0 Å². The van der Waals surface area contributed by atoms with Crippen LogP contribution in [0.5, 0.6) is 0 Å². The molecular weight excluding hydrogens is 298 g/mol. The number of hydrogen-bond donors (Lipinski definition) is 0. The molecule has 3 rings (SSSR count). The SMILES string of the molecule is CCn1c(=O)n(C(CCN(C)C)c2ccccc2)c2ccccc21. The van der Waals surface area contributed by atoms with E-state index < -0.39 is 0 Å². The summed E-state index contributed by atoms with van der Waals surface area (Å²) in [6, 6.07) is 18.5. The molecule has 0 aliphatic rings. The first-order valence-corrected chi connectivity index (χ1v) is 8.53. The van der Waals surface area contributed by atoms with Gasteiger partial charge in [-0.3, -0.25) is 9.13 Å². The van der Waals surface area contributed by atoms with E-state index in [-0.39, 0.29) is 11.7 Å². The standard InChI is InChI=1S/C20H25N3O/c1-4-22-18-12-8-9-13-19(18)23(20(22)24)17(14-15-21(2)3)16-10-6-5-7-11-16/h5-13,17H,4,14-15H2,1-3H3. The number of aryl methyl sites for hydroxylation is 1. The highest BCUT2D eigenvalue weighted by atomic mass is 16.1. The fourth-order valence-electron chi connectivity index (χ4n) is 3.34. The van der Waals surface area contributed by atoms with E-state index >= 15 is 0 Å². The number of para-hydroxylation sites is 2. The fourth-order valence-corrected chi connectivity index (χ4v) is 3.34. The second-order valence-electron chi connectivity index (χ2n) is 6.40. The summed E-state index contributed by atoms with van der Waals surface area (Å²) in [5, 5.41) is 0. The van der Waals surface area contributed by atoms with E-state index in [4.69, 9.17) is 0 Å². The molecule has 126 valence electrons. The normalized spacial score (nSPS) is 12.8. The number of rotatable bonds is 6. The highest BCUT2D eigenvalue weighted by Gasteiger charge is 2.21. The zero-order chi connectivity index (χ0) is 17.1. The average Bonchev–Trinajstić information content (AvgIpc) is 2.88. The van der Waals surface area contributed by atoms with Crippen LogP contribution >= 0.6 is 0 Å². The van der Waals surface area contributed by atoms with Crippen molar-refractivity contribution in [2.45, 2.75) is 25.9 Å². The summed E-state index contributed by atoms with van der Waals surface area (Å²) in [5.74, 6) is 0. The second kappa shape index (κ2) is 7.05. The van der Waals surface area contributed by atoms with Crippen LogP contribution in [0.2, 0.25) is 0 Å². The van der Waals surface area contributed by atoms with Gasteiger partial charge in [-0.1, -0.05) is 42.5 Å². The van der Waals surface area contributed by atoms with Gasteiger partial charge >= 0.3 is 5.69 Å². The predicted octanol–water partition coefficient (Wildman–Crippen LogP) is 3.36. The number of hydrogen-bond acceptors (Lipinski definition) is 2. The maximum absolute atomic E-state index is 13.1. The van der Waals surface area contributed by atoms with Gasteiger partial charge in [-0.05, 0) is 51.7 Å². The summed E-state index contributed by atoms with van der Waals surface area (Å²) < 4.78 is 3.83. The van der Waals surface area contributed by atoms with Crippen molar-refractivity contribution in [3.63, 3.8) is 0 Å². The lowest BCUT2D eigenvalue weighted by atomic mass is 10.0. The fraction of sp³-hybridized carbons (Fsp3) is 0.350. The first kappa shape index (κ1) is 16.5. The minimum Gasteiger partial charge on any atom is -0.309 e. The molecule has 4 heteroatoms. The summed E-state index contributed by atoms with van der Waals surface area (Å²) in [4.78, 5) is 15.3. The molecule has 0 N–H and O–H groups in total. The lowest BCUT2D eigenvalue weighted by molar-refractivity contribution is 0.366. The second-order valence-corrected chi connectivity index (χ2v) is 6.40. The van der Waals surface area contributed by atoms with Crippen LogP contribution in [0.3, 0.4) is 0 Å². The smallest absolute Gasteiger partial charge is 0.309 e. The Morgan fingerprint density at radius 3 is 2.21 bits per heavy atom. The number of nitrogens with zero attached hydrogens (tertiary/aromatic N) is 3. The zero-order valence-electron chi connectivity index (χ0n) is 14.6. The van der Waals surface area contributed by atoms with Crippen molar-refractivity contribution in [1.29, 1.82) is 0 Å². The van der Waals surface area contributed by atoms with E-state index in [9.17, 15) is 4.79 Å². The lowest BCUT2D eigenvalue weighted by Crippen LogP contribution is -2.29. The molecule has 0 aliphatic carbocycles. The van der Waals surface area contributed by atoms with E-state index in [1.807, 2.05) is 52.5 Å². The molecule has 4 nitrogen and oxygen atoms in total. The van der Waals surface area contributed by atoms with Gasteiger partial charge in [0.2, 0.25) is 0 Å². The summed E-state index contributed by atoms with van der Waals surface area (Å²) in [7, 11) is 4.14. The largest absolute Gasteiger partial charge is 0.329 e. The number of aromatic nitrogens is 2. The van der Waals surface area contributed by atoms with Gasteiger partial charge in [0.1, 0.15) is 0 Å². The Labute approximate surface area is 142 Å². The number of fused-ring (bicyclic) bond motifs is 1. The first-order valence-electron chi connectivity index (χ1n) is 8.53. The molecule has 1 unspecified atom stereocenters. The molecule has 0 spiro atoms. The Morgan fingerprint density at radius 1 is 0.958 bits per heavy atom. The summed E-state index contributed by atoms with van der Waals surface area (Å²) in [5.41, 5.74) is 3.28. The minimum absolute atomic E-state index is 0.0406. The van der Waals surface area contributed by atoms with E-state index in [0.717, 1.165) is 24.0 Å². The molecule has 1 aromatic heterocycles. The number of benzene rings is 2. The molecule has 0 radical (unpaired) electrons. The molecule has 0 bridgehead atoms. The molecule has 0 saturated heterocycles. The van der Waals surface area contributed by atoms with Crippen molar-refractivity contribution < 1.29 is 0 Å². The molecule has 0 aliphatic heterocycles. The Balaban J connectivity index is 2.19. The zero-order valence-corrected chi connectivity index (χ0v) is 14.6. The molecule has 1 atom stereocenters. The highest BCUT2D eigenvalue weighted by Crippen LogP contribution is 2.25. The van der Waals surface area contributed by atoms with Crippen LogP contribution in [0, 0.1) is 0 Å². The molecule has 0 amide bonds. The Hall–Kier alpha value is -2.33. The van der Waals surface area contributed by atoms with Crippen LogP contribution in [-0.2, 0) is 6.54 Å². The quantitative estimate of drug-likeness (QED) is 0.696. The molecule has 1 heterocycles. The Kier molecular flexibility index (Phi) is 4.86. The van der Waals surface area contributed by atoms with Crippen molar-refractivity contribution in [2.75, 3.05) is 20.6 Å². The molecule has 24 heavy (non-hydrogen) atoms. The average molecular weight is 323 g/mol. The van der Waals surface area contributed by atoms with Gasteiger partial charge in [-0.2, -0.15) is 0 Å². The van der Waals surface area contributed by atoms with Crippen molar-refractivity contribution in [3.05, 3.63) is 70.6 Å². The molecular formula is C20H25N3O. The highest BCUT2D eigenvalue weighted by molar-refractivity contribution is 5.76. The van der Waals surface area contributed by atoms with E-state index in [1.54, 1.807) is 0 Å². The van der Waals surface area contributed by atoms with Gasteiger partial charge in [0, 0.05) is 6.54 Å². The van der Waals surface area contributed by atoms with E-state index in [2.05, 4.69) is 37.2 Å². The van der Waals surface area contributed by atoms with Crippen LogP contribution in [0.15, 0.2) is 59.4 Å². The van der Waals surface area contributed by atoms with Crippen molar-refractivity contribution in [1.82, 2.24) is 14.0 Å². The third-order valence-corrected chi connectivity index (χ3v) is 4.53. The molecule has 3 aromatic rings. The monoisotopic (exact) mass is 323 g/mol. The van der Waals surface area contributed by atoms with Crippen LogP contribution in [-0.4, -0.2) is 34.7 Å². The van der Waals surface area contributed by atoms with Gasteiger partial charge in [-0.15, -0.1) is 0 Å². The minimum atomic E-state index is 0.0406. The lowest BCUT2D eigenvalue weighted by Gasteiger charge is -2.21. The molecule has 2 aromatic carbocycles. The maximum Gasteiger partial charge on any atom is 0.329 e. The van der Waals surface area contributed by atoms with Crippen LogP contribution in [0.4, 0.5) is 0 Å². The molecule has 0 saturated carbocycles. The third kappa shape index (κ3) is 3.02. The molecule has 0 fully saturated rings. The summed E-state index contributed by atoms with van der Waals surface area (Å²) in [6.07, 6.45) is 0.897. The van der Waals surface area contributed by atoms with Crippen LogP contribution < -0.4 is 5.69 Å². The van der Waals surface area contributed by atoms with E-state index in [0.29, 0.717) is 6.54 Å². The van der Waals surface area contributed by atoms with Gasteiger partial charge < -0.3 is 4.90 Å². The predicted molar refractivity (Wildman–Crippen MR) is 99.6 cm³/mol. The third-order valence-electron chi connectivity index (χ3n) is 4.53. The van der Waals surface area contributed by atoms with Gasteiger partial charge in [0.05, 0.1) is 17.1 Å². The van der Waals surface area contributed by atoms with Crippen molar-refractivity contribution >= 4 is 11.0 Å².